The quantitative estimate of drug-likeness (QED) is 0.324. The van der Waals surface area contributed by atoms with Crippen LogP contribution in [-0.2, 0) is 11.2 Å². The highest BCUT2D eigenvalue weighted by atomic mass is 127. The molecule has 1 aromatic carbocycles. The van der Waals surface area contributed by atoms with E-state index in [1.807, 2.05) is 25.2 Å². The average molecular weight is 543 g/mol. The van der Waals surface area contributed by atoms with Crippen LogP contribution in [0, 0.1) is 5.92 Å². The lowest BCUT2D eigenvalue weighted by molar-refractivity contribution is 0.00103. The summed E-state index contributed by atoms with van der Waals surface area (Å²) in [4.78, 5) is 20.6. The Morgan fingerprint density at radius 1 is 1.19 bits per heavy atom. The SMILES string of the molecule is CN=C(NCCc1cccc(C(=O)N(C)C)c1)N1CCC(OCC2CCCC2)CC1.I. The van der Waals surface area contributed by atoms with Crippen LogP contribution >= 0.6 is 24.0 Å². The summed E-state index contributed by atoms with van der Waals surface area (Å²) in [6.45, 7) is 3.72. The Kier molecular flexibility index (Phi) is 11.1. The fraction of sp³-hybridized carbons (Fsp3) is 0.667. The predicted molar refractivity (Wildman–Crippen MR) is 137 cm³/mol. The van der Waals surface area contributed by atoms with Crippen LogP contribution in [-0.4, -0.2) is 75.2 Å². The molecule has 0 atom stereocenters. The van der Waals surface area contributed by atoms with Gasteiger partial charge in [-0.15, -0.1) is 24.0 Å². The van der Waals surface area contributed by atoms with Crippen LogP contribution in [0.25, 0.3) is 0 Å². The zero-order valence-corrected chi connectivity index (χ0v) is 21.6. The number of nitrogens with one attached hydrogen (secondary N) is 1. The maximum Gasteiger partial charge on any atom is 0.253 e. The molecule has 1 saturated carbocycles. The van der Waals surface area contributed by atoms with Crippen molar-refractivity contribution in [1.82, 2.24) is 15.1 Å². The number of hydrogen-bond acceptors (Lipinski definition) is 3. The summed E-state index contributed by atoms with van der Waals surface area (Å²) >= 11 is 0. The van der Waals surface area contributed by atoms with E-state index in [1.165, 1.54) is 25.7 Å². The van der Waals surface area contributed by atoms with E-state index in [9.17, 15) is 4.79 Å². The Morgan fingerprint density at radius 2 is 1.90 bits per heavy atom. The topological polar surface area (TPSA) is 57.2 Å². The molecule has 7 heteroatoms. The van der Waals surface area contributed by atoms with Crippen molar-refractivity contribution >= 4 is 35.8 Å². The van der Waals surface area contributed by atoms with Crippen LogP contribution in [0.5, 0.6) is 0 Å². The fourth-order valence-electron chi connectivity index (χ4n) is 4.45. The molecule has 2 aliphatic rings. The van der Waals surface area contributed by atoms with Crippen molar-refractivity contribution in [2.75, 3.05) is 47.4 Å². The van der Waals surface area contributed by atoms with Crippen molar-refractivity contribution in [1.29, 1.82) is 0 Å². The number of piperidine rings is 1. The molecule has 1 aromatic rings. The number of hydrogen-bond donors (Lipinski definition) is 1. The lowest BCUT2D eigenvalue weighted by Gasteiger charge is -2.34. The number of likely N-dealkylation sites (tertiary alicyclic amines) is 1. The number of nitrogens with zero attached hydrogens (tertiary/aromatic N) is 3. The predicted octanol–water partition coefficient (Wildman–Crippen LogP) is 3.80. The lowest BCUT2D eigenvalue weighted by Crippen LogP contribution is -2.47. The third kappa shape index (κ3) is 7.93. The lowest BCUT2D eigenvalue weighted by atomic mass is 10.1. The van der Waals surface area contributed by atoms with Crippen molar-refractivity contribution in [2.24, 2.45) is 10.9 Å². The molecule has 1 saturated heterocycles. The number of benzene rings is 1. The molecule has 0 spiro atoms. The van der Waals surface area contributed by atoms with E-state index in [0.717, 1.165) is 68.5 Å². The number of guanidine groups is 1. The van der Waals surface area contributed by atoms with Crippen LogP contribution < -0.4 is 5.32 Å². The minimum absolute atomic E-state index is 0. The van der Waals surface area contributed by atoms with Gasteiger partial charge in [0.25, 0.3) is 5.91 Å². The monoisotopic (exact) mass is 542 g/mol. The molecular formula is C24H39IN4O2. The minimum Gasteiger partial charge on any atom is -0.378 e. The molecule has 0 radical (unpaired) electrons. The van der Waals surface area contributed by atoms with E-state index in [2.05, 4.69) is 21.3 Å². The second kappa shape index (κ2) is 13.3. The summed E-state index contributed by atoms with van der Waals surface area (Å²) in [5, 5.41) is 3.49. The third-order valence-corrected chi connectivity index (χ3v) is 6.27. The van der Waals surface area contributed by atoms with Crippen molar-refractivity contribution < 1.29 is 9.53 Å². The Bertz CT molecular complexity index is 711. The molecule has 0 aromatic heterocycles. The minimum atomic E-state index is 0. The van der Waals surface area contributed by atoms with Gasteiger partial charge in [0.2, 0.25) is 0 Å². The summed E-state index contributed by atoms with van der Waals surface area (Å²) in [5.74, 6) is 1.80. The summed E-state index contributed by atoms with van der Waals surface area (Å²) in [6.07, 6.45) is 8.86. The molecular weight excluding hydrogens is 503 g/mol. The second-order valence-electron chi connectivity index (χ2n) is 8.79. The first-order valence-electron chi connectivity index (χ1n) is 11.4. The number of carbonyl (C=O) groups is 1. The van der Waals surface area contributed by atoms with E-state index < -0.39 is 0 Å². The van der Waals surface area contributed by atoms with Gasteiger partial charge in [-0.05, 0) is 55.7 Å². The van der Waals surface area contributed by atoms with Gasteiger partial charge in [0, 0.05) is 52.9 Å². The van der Waals surface area contributed by atoms with Gasteiger partial charge >= 0.3 is 0 Å². The van der Waals surface area contributed by atoms with Gasteiger partial charge in [-0.3, -0.25) is 9.79 Å². The van der Waals surface area contributed by atoms with Crippen LogP contribution in [0.2, 0.25) is 0 Å². The first-order chi connectivity index (χ1) is 14.6. The summed E-state index contributed by atoms with van der Waals surface area (Å²) in [5.41, 5.74) is 1.89. The van der Waals surface area contributed by atoms with Crippen molar-refractivity contribution in [2.45, 2.75) is 51.0 Å². The van der Waals surface area contributed by atoms with Crippen LogP contribution in [0.4, 0.5) is 0 Å². The van der Waals surface area contributed by atoms with Gasteiger partial charge in [-0.25, -0.2) is 0 Å². The number of carbonyl (C=O) groups excluding carboxylic acids is 1. The van der Waals surface area contributed by atoms with Crippen molar-refractivity contribution in [3.63, 3.8) is 0 Å². The Hall–Kier alpha value is -1.35. The van der Waals surface area contributed by atoms with E-state index >= 15 is 0 Å². The summed E-state index contributed by atoms with van der Waals surface area (Å²) in [7, 11) is 5.41. The van der Waals surface area contributed by atoms with Crippen LogP contribution in [0.15, 0.2) is 29.3 Å². The van der Waals surface area contributed by atoms with Crippen molar-refractivity contribution in [3.05, 3.63) is 35.4 Å². The number of aliphatic imine (C=N–C) groups is 1. The molecule has 1 heterocycles. The van der Waals surface area contributed by atoms with E-state index in [1.54, 1.807) is 19.0 Å². The molecule has 2 fully saturated rings. The Labute approximate surface area is 204 Å². The fourth-order valence-corrected chi connectivity index (χ4v) is 4.45. The van der Waals surface area contributed by atoms with Crippen molar-refractivity contribution in [3.8, 4) is 0 Å². The standard InChI is InChI=1S/C24H38N4O2.HI/c1-25-24(26-14-11-19-9-6-10-21(17-19)23(29)27(2)3)28-15-12-22(13-16-28)30-18-20-7-4-5-8-20;/h6,9-10,17,20,22H,4-5,7-8,11-16,18H2,1-3H3,(H,25,26);1H. The maximum atomic E-state index is 12.2. The first-order valence-corrected chi connectivity index (χ1v) is 11.4. The van der Waals surface area contributed by atoms with E-state index in [0.29, 0.717) is 6.10 Å². The average Bonchev–Trinajstić information content (AvgIpc) is 3.29. The molecule has 1 aliphatic carbocycles. The zero-order valence-electron chi connectivity index (χ0n) is 19.3. The maximum absolute atomic E-state index is 12.2. The second-order valence-corrected chi connectivity index (χ2v) is 8.79. The highest BCUT2D eigenvalue weighted by Gasteiger charge is 2.23. The smallest absolute Gasteiger partial charge is 0.253 e. The van der Waals surface area contributed by atoms with Crippen LogP contribution in [0.1, 0.15) is 54.4 Å². The third-order valence-electron chi connectivity index (χ3n) is 6.27. The summed E-state index contributed by atoms with van der Waals surface area (Å²) < 4.78 is 6.20. The molecule has 174 valence electrons. The highest BCUT2D eigenvalue weighted by Crippen LogP contribution is 2.26. The Balaban J connectivity index is 0.00000341. The zero-order chi connectivity index (χ0) is 21.3. The molecule has 1 amide bonds. The molecule has 6 nitrogen and oxygen atoms in total. The number of halogens is 1. The largest absolute Gasteiger partial charge is 0.378 e. The summed E-state index contributed by atoms with van der Waals surface area (Å²) in [6, 6.07) is 7.89. The first kappa shape index (κ1) is 25.9. The molecule has 31 heavy (non-hydrogen) atoms. The van der Waals surface area contributed by atoms with Gasteiger partial charge < -0.3 is 19.9 Å². The van der Waals surface area contributed by atoms with Gasteiger partial charge in [-0.1, -0.05) is 25.0 Å². The van der Waals surface area contributed by atoms with Gasteiger partial charge in [-0.2, -0.15) is 0 Å². The van der Waals surface area contributed by atoms with Crippen LogP contribution in [0.3, 0.4) is 0 Å². The van der Waals surface area contributed by atoms with Gasteiger partial charge in [0.1, 0.15) is 0 Å². The molecule has 1 N–H and O–H groups in total. The molecule has 1 aliphatic heterocycles. The van der Waals surface area contributed by atoms with E-state index in [4.69, 9.17) is 4.74 Å². The molecule has 0 unspecified atom stereocenters. The number of ether oxygens (including phenoxy) is 1. The molecule has 0 bridgehead atoms. The number of rotatable bonds is 7. The number of amides is 1. The van der Waals surface area contributed by atoms with Gasteiger partial charge in [0.15, 0.2) is 5.96 Å². The highest BCUT2D eigenvalue weighted by molar-refractivity contribution is 14.0. The molecule has 3 rings (SSSR count). The Morgan fingerprint density at radius 3 is 2.55 bits per heavy atom. The van der Waals surface area contributed by atoms with Gasteiger partial charge in [0.05, 0.1) is 6.10 Å². The normalized spacial score (nSPS) is 18.0. The van der Waals surface area contributed by atoms with E-state index in [-0.39, 0.29) is 29.9 Å².